The average Bonchev–Trinajstić information content (AvgIpc) is 2.91. The van der Waals surface area contributed by atoms with Gasteiger partial charge in [0.25, 0.3) is 0 Å². The van der Waals surface area contributed by atoms with Gasteiger partial charge in [-0.25, -0.2) is 0 Å². The Bertz CT molecular complexity index is 948. The van der Waals surface area contributed by atoms with Crippen LogP contribution >= 0.6 is 35.6 Å². The van der Waals surface area contributed by atoms with Crippen LogP contribution < -0.4 is 0 Å². The summed E-state index contributed by atoms with van der Waals surface area (Å²) in [6.07, 6.45) is 2.58. The maximum Gasteiger partial charge on any atom is 0.173 e. The van der Waals surface area contributed by atoms with Crippen molar-refractivity contribution in [3.8, 4) is 5.75 Å². The molecule has 2 heterocycles. The van der Waals surface area contributed by atoms with Gasteiger partial charge in [-0.15, -0.1) is 11.8 Å². The summed E-state index contributed by atoms with van der Waals surface area (Å²) in [6.45, 7) is 1.99. The van der Waals surface area contributed by atoms with Crippen molar-refractivity contribution in [2.45, 2.75) is 13.3 Å². The number of pyridine rings is 1. The number of nitrogens with zero attached hydrogens (tertiary/aromatic N) is 1. The summed E-state index contributed by atoms with van der Waals surface area (Å²) in [5.74, 6) is 0.381. The van der Waals surface area contributed by atoms with Crippen LogP contribution in [0.25, 0.3) is 5.52 Å². The molecule has 3 rings (SSSR count). The van der Waals surface area contributed by atoms with E-state index in [4.69, 9.17) is 23.8 Å². The van der Waals surface area contributed by atoms with Crippen molar-refractivity contribution in [1.29, 1.82) is 0 Å². The molecule has 0 aliphatic rings. The van der Waals surface area contributed by atoms with Crippen LogP contribution in [0.2, 0.25) is 5.02 Å². The minimum atomic E-state index is -0.0277. The molecule has 3 aromatic rings. The molecule has 1 N–H and O–H groups in total. The van der Waals surface area contributed by atoms with Crippen LogP contribution in [0.15, 0.2) is 48.7 Å². The molecule has 128 valence electrons. The second-order valence-corrected chi connectivity index (χ2v) is 7.58. The van der Waals surface area contributed by atoms with E-state index < -0.39 is 0 Å². The fourth-order valence-corrected chi connectivity index (χ4v) is 3.98. The lowest BCUT2D eigenvalue weighted by atomic mass is 10.1. The average molecular weight is 390 g/mol. The topological polar surface area (TPSA) is 41.7 Å². The van der Waals surface area contributed by atoms with Crippen molar-refractivity contribution in [1.82, 2.24) is 4.40 Å². The number of aromatic nitrogens is 1. The predicted molar refractivity (Wildman–Crippen MR) is 108 cm³/mol. The summed E-state index contributed by atoms with van der Waals surface area (Å²) in [5.41, 5.74) is 2.97. The van der Waals surface area contributed by atoms with E-state index in [0.717, 1.165) is 11.1 Å². The maximum absolute atomic E-state index is 12.3. The quantitative estimate of drug-likeness (QED) is 0.484. The third kappa shape index (κ3) is 3.59. The number of aryl methyl sites for hydroxylation is 1. The molecule has 0 aliphatic heterocycles. The minimum Gasteiger partial charge on any atom is -0.505 e. The van der Waals surface area contributed by atoms with Crippen molar-refractivity contribution in [2.75, 3.05) is 5.75 Å². The first-order valence-corrected chi connectivity index (χ1v) is 9.57. The number of thiocarbonyl (C=S) groups is 1. The largest absolute Gasteiger partial charge is 0.505 e. The number of halogens is 1. The van der Waals surface area contributed by atoms with Crippen LogP contribution in [0.5, 0.6) is 5.75 Å². The molecule has 0 aliphatic carbocycles. The highest BCUT2D eigenvalue weighted by Gasteiger charge is 2.20. The Morgan fingerprint density at radius 2 is 1.96 bits per heavy atom. The monoisotopic (exact) mass is 389 g/mol. The van der Waals surface area contributed by atoms with Crippen molar-refractivity contribution in [2.24, 2.45) is 0 Å². The molecule has 0 unspecified atom stereocenters. The van der Waals surface area contributed by atoms with Crippen LogP contribution in [-0.2, 0) is 6.42 Å². The van der Waals surface area contributed by atoms with E-state index in [1.54, 1.807) is 24.3 Å². The van der Waals surface area contributed by atoms with Gasteiger partial charge in [0.2, 0.25) is 0 Å². The van der Waals surface area contributed by atoms with Crippen molar-refractivity contribution in [3.63, 3.8) is 0 Å². The number of ketones is 1. The molecule has 3 nitrogen and oxygen atoms in total. The Morgan fingerprint density at radius 1 is 1.24 bits per heavy atom. The zero-order valence-corrected chi connectivity index (χ0v) is 15.9. The summed E-state index contributed by atoms with van der Waals surface area (Å²) < 4.78 is 2.39. The van der Waals surface area contributed by atoms with E-state index in [1.165, 1.54) is 11.8 Å². The van der Waals surface area contributed by atoms with Gasteiger partial charge in [-0.1, -0.05) is 36.8 Å². The van der Waals surface area contributed by atoms with Gasteiger partial charge in [-0.05, 0) is 42.8 Å². The van der Waals surface area contributed by atoms with Crippen LogP contribution in [0.4, 0.5) is 0 Å². The van der Waals surface area contributed by atoms with Crippen LogP contribution in [0.3, 0.4) is 0 Å². The Balaban J connectivity index is 1.82. The third-order valence-electron chi connectivity index (χ3n) is 3.97. The SMILES string of the molecule is CCc1c(O)c(C(=S)SCC(=O)c2ccc(Cl)cc2)n2ccccc12. The molecule has 0 radical (unpaired) electrons. The Hall–Kier alpha value is -1.82. The number of rotatable bonds is 5. The number of carbonyl (C=O) groups is 1. The normalized spacial score (nSPS) is 11.0. The highest BCUT2D eigenvalue weighted by Crippen LogP contribution is 2.33. The first kappa shape index (κ1) is 18.0. The predicted octanol–water partition coefficient (Wildman–Crippen LogP) is 5.15. The molecule has 0 amide bonds. The van der Waals surface area contributed by atoms with E-state index in [2.05, 4.69) is 0 Å². The van der Waals surface area contributed by atoms with Gasteiger partial charge >= 0.3 is 0 Å². The molecule has 6 heteroatoms. The number of benzene rings is 1. The number of hydrogen-bond donors (Lipinski definition) is 1. The van der Waals surface area contributed by atoms with Crippen LogP contribution in [0.1, 0.15) is 28.5 Å². The second-order valence-electron chi connectivity index (χ2n) is 5.49. The third-order valence-corrected chi connectivity index (χ3v) is 5.63. The summed E-state index contributed by atoms with van der Waals surface area (Å²) in [4.78, 5) is 12.3. The second kappa shape index (κ2) is 7.60. The summed E-state index contributed by atoms with van der Waals surface area (Å²) >= 11 is 12.6. The molecular formula is C19H16ClNO2S2. The van der Waals surface area contributed by atoms with Gasteiger partial charge in [0.15, 0.2) is 5.78 Å². The molecule has 0 fully saturated rings. The van der Waals surface area contributed by atoms with Crippen LogP contribution in [0, 0.1) is 0 Å². The number of hydrogen-bond acceptors (Lipinski definition) is 4. The zero-order chi connectivity index (χ0) is 18.0. The lowest BCUT2D eigenvalue weighted by Gasteiger charge is -2.05. The molecule has 0 saturated heterocycles. The van der Waals surface area contributed by atoms with Gasteiger partial charge in [0, 0.05) is 22.3 Å². The van der Waals surface area contributed by atoms with Gasteiger partial charge in [-0.2, -0.15) is 0 Å². The van der Waals surface area contributed by atoms with E-state index in [0.29, 0.717) is 26.9 Å². The zero-order valence-electron chi connectivity index (χ0n) is 13.5. The molecule has 1 aromatic carbocycles. The maximum atomic E-state index is 12.3. The lowest BCUT2D eigenvalue weighted by molar-refractivity contribution is 0.102. The summed E-state index contributed by atoms with van der Waals surface area (Å²) in [5, 5.41) is 11.2. The van der Waals surface area contributed by atoms with Gasteiger partial charge in [0.05, 0.1) is 15.5 Å². The van der Waals surface area contributed by atoms with Gasteiger partial charge in [0.1, 0.15) is 11.4 Å². The fraction of sp³-hybridized carbons (Fsp3) is 0.158. The van der Waals surface area contributed by atoms with E-state index >= 15 is 0 Å². The summed E-state index contributed by atoms with van der Waals surface area (Å²) in [6, 6.07) is 12.6. The molecule has 25 heavy (non-hydrogen) atoms. The van der Waals surface area contributed by atoms with Gasteiger partial charge < -0.3 is 9.51 Å². The first-order chi connectivity index (χ1) is 12.0. The molecule has 0 bridgehead atoms. The number of carbonyl (C=O) groups excluding carboxylic acids is 1. The minimum absolute atomic E-state index is 0.0277. The van der Waals surface area contributed by atoms with Gasteiger partial charge in [-0.3, -0.25) is 4.79 Å². The first-order valence-electron chi connectivity index (χ1n) is 7.79. The summed E-state index contributed by atoms with van der Waals surface area (Å²) in [7, 11) is 0. The molecule has 0 spiro atoms. The molecule has 0 atom stereocenters. The van der Waals surface area contributed by atoms with E-state index in [-0.39, 0.29) is 17.3 Å². The highest BCUT2D eigenvalue weighted by atomic mass is 35.5. The fourth-order valence-electron chi connectivity index (χ4n) is 2.72. The number of fused-ring (bicyclic) bond motifs is 1. The van der Waals surface area contributed by atoms with Crippen LogP contribution in [-0.4, -0.2) is 25.2 Å². The van der Waals surface area contributed by atoms with E-state index in [1.807, 2.05) is 35.7 Å². The smallest absolute Gasteiger partial charge is 0.173 e. The van der Waals surface area contributed by atoms with E-state index in [9.17, 15) is 9.90 Å². The number of Topliss-reactive ketones (excluding diaryl/α,β-unsaturated/α-hetero) is 1. The Morgan fingerprint density at radius 3 is 2.64 bits per heavy atom. The molecule has 2 aromatic heterocycles. The van der Waals surface area contributed by atoms with Crippen molar-refractivity contribution < 1.29 is 9.90 Å². The van der Waals surface area contributed by atoms with Crippen molar-refractivity contribution >= 4 is 51.1 Å². The molecule has 0 saturated carbocycles. The number of aromatic hydroxyl groups is 1. The number of thioether (sulfide) groups is 1. The standard InChI is InChI=1S/C19H16ClNO2S2/c1-2-14-15-5-3-4-10-21(15)17(18(14)23)19(24)25-11-16(22)12-6-8-13(20)9-7-12/h3-10,23H,2,11H2,1H3. The Labute approximate surface area is 160 Å². The molecular weight excluding hydrogens is 374 g/mol. The lowest BCUT2D eigenvalue weighted by Crippen LogP contribution is -2.06. The Kier molecular flexibility index (Phi) is 5.47. The highest BCUT2D eigenvalue weighted by molar-refractivity contribution is 8.24. The van der Waals surface area contributed by atoms with Crippen molar-refractivity contribution in [3.05, 3.63) is 70.5 Å².